The van der Waals surface area contributed by atoms with Gasteiger partial charge in [0, 0.05) is 19.0 Å². The van der Waals surface area contributed by atoms with Crippen LogP contribution in [-0.2, 0) is 22.0 Å². The predicted octanol–water partition coefficient (Wildman–Crippen LogP) is 3.66. The number of rotatable bonds is 5. The molecule has 10 heteroatoms. The number of benzene rings is 1. The molecule has 1 N–H and O–H groups in total. The van der Waals surface area contributed by atoms with Crippen LogP contribution >= 0.6 is 0 Å². The Morgan fingerprint density at radius 2 is 1.91 bits per heavy atom. The van der Waals surface area contributed by atoms with Gasteiger partial charge < -0.3 is 9.88 Å². The van der Waals surface area contributed by atoms with E-state index >= 15 is 0 Å². The lowest BCUT2D eigenvalue weighted by Crippen LogP contribution is -2.24. The third-order valence-corrected chi connectivity index (χ3v) is 7.74. The monoisotopic (exact) mass is 475 g/mol. The Labute approximate surface area is 193 Å². The maximum atomic E-state index is 13.6. The molecule has 0 saturated heterocycles. The molecule has 2 heterocycles. The molecule has 2 aromatic heterocycles. The molecule has 1 aliphatic carbocycles. The number of hydrogen-bond donors (Lipinski definition) is 1. The van der Waals surface area contributed by atoms with Crippen molar-refractivity contribution in [2.75, 3.05) is 7.05 Å². The van der Waals surface area contributed by atoms with Crippen molar-refractivity contribution in [1.29, 1.82) is 0 Å². The van der Waals surface area contributed by atoms with Crippen LogP contribution < -0.4 is 5.32 Å². The molecular formula is C23H30FN5O3S. The van der Waals surface area contributed by atoms with Crippen molar-refractivity contribution in [1.82, 2.24) is 24.1 Å². The Morgan fingerprint density at radius 3 is 2.55 bits per heavy atom. The zero-order chi connectivity index (χ0) is 24.0. The fourth-order valence-electron chi connectivity index (χ4n) is 4.40. The number of halogens is 1. The summed E-state index contributed by atoms with van der Waals surface area (Å²) in [6.45, 7) is 6.96. The van der Waals surface area contributed by atoms with Crippen molar-refractivity contribution in [3.63, 3.8) is 0 Å². The smallest absolute Gasteiger partial charge is 0.283 e. The standard InChI is InChI=1S/C23H30FN5O3S/c1-23(2,3)22-27-19-11-18(33(31,32)29-14-16(12-26-29)21(30)25-4)9-10-20(19)28(22)13-15-5-7-17(24)8-6-15/h9-12,14-15,17H,5-8,13H2,1-4H3,(H,25,30)/t15-,17-. The molecule has 178 valence electrons. The van der Waals surface area contributed by atoms with Crippen molar-refractivity contribution >= 4 is 27.0 Å². The van der Waals surface area contributed by atoms with Gasteiger partial charge >= 0.3 is 0 Å². The number of aromatic nitrogens is 4. The number of nitrogens with one attached hydrogen (secondary N) is 1. The van der Waals surface area contributed by atoms with Gasteiger partial charge in [0.2, 0.25) is 0 Å². The highest BCUT2D eigenvalue weighted by molar-refractivity contribution is 7.89. The molecule has 0 unspecified atom stereocenters. The highest BCUT2D eigenvalue weighted by Crippen LogP contribution is 2.33. The van der Waals surface area contributed by atoms with E-state index in [-0.39, 0.29) is 15.9 Å². The summed E-state index contributed by atoms with van der Waals surface area (Å²) >= 11 is 0. The summed E-state index contributed by atoms with van der Waals surface area (Å²) in [6, 6.07) is 4.87. The highest BCUT2D eigenvalue weighted by Gasteiger charge is 2.28. The summed E-state index contributed by atoms with van der Waals surface area (Å²) in [5.74, 6) is 0.823. The topological polar surface area (TPSA) is 98.9 Å². The maximum Gasteiger partial charge on any atom is 0.283 e. The van der Waals surface area contributed by atoms with Gasteiger partial charge in [0.1, 0.15) is 12.0 Å². The van der Waals surface area contributed by atoms with Crippen molar-refractivity contribution in [3.05, 3.63) is 42.0 Å². The Hall–Kier alpha value is -2.75. The minimum absolute atomic E-state index is 0.0459. The Kier molecular flexibility index (Phi) is 6.07. The average molecular weight is 476 g/mol. The SMILES string of the molecule is CNC(=O)c1cnn(S(=O)(=O)c2ccc3c(c2)nc(C(C)(C)C)n3C[C@H]2CC[C@H](F)CC2)c1. The van der Waals surface area contributed by atoms with Crippen molar-refractivity contribution < 1.29 is 17.6 Å². The van der Waals surface area contributed by atoms with Crippen molar-refractivity contribution in [2.45, 2.75) is 69.5 Å². The quantitative estimate of drug-likeness (QED) is 0.607. The van der Waals surface area contributed by atoms with Crippen LogP contribution in [-0.4, -0.2) is 46.3 Å². The van der Waals surface area contributed by atoms with Gasteiger partial charge in [-0.15, -0.1) is 0 Å². The Bertz CT molecular complexity index is 1280. The first kappa shape index (κ1) is 23.4. The Balaban J connectivity index is 1.73. The van der Waals surface area contributed by atoms with E-state index < -0.39 is 22.1 Å². The summed E-state index contributed by atoms with van der Waals surface area (Å²) in [5.41, 5.74) is 1.34. The van der Waals surface area contributed by atoms with Crippen LogP contribution in [0.3, 0.4) is 0 Å². The van der Waals surface area contributed by atoms with Gasteiger partial charge in [-0.05, 0) is 49.8 Å². The maximum absolute atomic E-state index is 13.6. The predicted molar refractivity (Wildman–Crippen MR) is 123 cm³/mol. The molecule has 0 spiro atoms. The second-order valence-electron chi connectivity index (χ2n) is 9.75. The molecule has 1 amide bonds. The van der Waals surface area contributed by atoms with Crippen LogP contribution in [0.4, 0.5) is 4.39 Å². The van der Waals surface area contributed by atoms with Gasteiger partial charge in [0.25, 0.3) is 15.9 Å². The lowest BCUT2D eigenvalue weighted by atomic mass is 9.87. The lowest BCUT2D eigenvalue weighted by Gasteiger charge is -2.27. The van der Waals surface area contributed by atoms with E-state index in [2.05, 4.69) is 35.8 Å². The number of carbonyl (C=O) groups excluding carboxylic acids is 1. The van der Waals surface area contributed by atoms with Gasteiger partial charge in [-0.3, -0.25) is 4.79 Å². The first-order valence-electron chi connectivity index (χ1n) is 11.2. The van der Waals surface area contributed by atoms with E-state index in [0.717, 1.165) is 34.8 Å². The summed E-state index contributed by atoms with van der Waals surface area (Å²) in [7, 11) is -2.52. The van der Waals surface area contributed by atoms with Crippen molar-refractivity contribution in [3.8, 4) is 0 Å². The summed E-state index contributed by atoms with van der Waals surface area (Å²) < 4.78 is 42.8. The van der Waals surface area contributed by atoms with Crippen molar-refractivity contribution in [2.24, 2.45) is 5.92 Å². The molecule has 0 aliphatic heterocycles. The van der Waals surface area contributed by atoms with Crippen LogP contribution in [0.1, 0.15) is 62.6 Å². The largest absolute Gasteiger partial charge is 0.355 e. The van der Waals surface area contributed by atoms with E-state index in [9.17, 15) is 17.6 Å². The van der Waals surface area contributed by atoms with Crippen LogP contribution in [0.15, 0.2) is 35.5 Å². The molecule has 4 rings (SSSR count). The molecule has 0 radical (unpaired) electrons. The summed E-state index contributed by atoms with van der Waals surface area (Å²) in [6.07, 6.45) is 4.56. The van der Waals surface area contributed by atoms with Gasteiger partial charge in [-0.1, -0.05) is 20.8 Å². The number of hydrogen-bond acceptors (Lipinski definition) is 5. The second kappa shape index (κ2) is 8.55. The van der Waals surface area contributed by atoms with Gasteiger partial charge in [-0.2, -0.15) is 17.6 Å². The zero-order valence-corrected chi connectivity index (χ0v) is 20.2. The Morgan fingerprint density at radius 1 is 1.21 bits per heavy atom. The van der Waals surface area contributed by atoms with E-state index in [0.29, 0.717) is 24.3 Å². The average Bonchev–Trinajstić information content (AvgIpc) is 3.40. The molecule has 1 saturated carbocycles. The van der Waals surface area contributed by atoms with Crippen LogP contribution in [0, 0.1) is 5.92 Å². The number of alkyl halides is 1. The molecule has 3 aromatic rings. The van der Waals surface area contributed by atoms with Crippen LogP contribution in [0.2, 0.25) is 0 Å². The third-order valence-electron chi connectivity index (χ3n) is 6.20. The first-order valence-corrected chi connectivity index (χ1v) is 12.6. The molecule has 33 heavy (non-hydrogen) atoms. The number of nitrogens with zero attached hydrogens (tertiary/aromatic N) is 4. The number of amides is 1. The first-order chi connectivity index (χ1) is 15.5. The normalized spacial score (nSPS) is 19.7. The molecule has 1 aromatic carbocycles. The van der Waals surface area contributed by atoms with Gasteiger partial charge in [0.05, 0.1) is 33.9 Å². The van der Waals surface area contributed by atoms with E-state index in [1.807, 2.05) is 0 Å². The van der Waals surface area contributed by atoms with E-state index in [4.69, 9.17) is 4.98 Å². The number of imidazole rings is 1. The van der Waals surface area contributed by atoms with E-state index in [1.54, 1.807) is 18.2 Å². The van der Waals surface area contributed by atoms with Gasteiger partial charge in [-0.25, -0.2) is 9.37 Å². The van der Waals surface area contributed by atoms with E-state index in [1.165, 1.54) is 19.4 Å². The second-order valence-corrected chi connectivity index (χ2v) is 11.5. The fraction of sp³-hybridized carbons (Fsp3) is 0.522. The molecule has 0 atom stereocenters. The molecule has 1 aliphatic rings. The fourth-order valence-corrected chi connectivity index (χ4v) is 5.54. The molecule has 8 nitrogen and oxygen atoms in total. The van der Waals surface area contributed by atoms with Crippen LogP contribution in [0.25, 0.3) is 11.0 Å². The van der Waals surface area contributed by atoms with Crippen LogP contribution in [0.5, 0.6) is 0 Å². The number of fused-ring (bicyclic) bond motifs is 1. The molecule has 1 fully saturated rings. The minimum Gasteiger partial charge on any atom is -0.355 e. The number of carbonyl (C=O) groups is 1. The minimum atomic E-state index is -3.99. The third kappa shape index (κ3) is 4.53. The van der Waals surface area contributed by atoms with Gasteiger partial charge in [0.15, 0.2) is 0 Å². The zero-order valence-electron chi connectivity index (χ0n) is 19.4. The molecular weight excluding hydrogens is 445 g/mol. The summed E-state index contributed by atoms with van der Waals surface area (Å²) in [4.78, 5) is 16.6. The summed E-state index contributed by atoms with van der Waals surface area (Å²) in [5, 5.41) is 6.32. The lowest BCUT2D eigenvalue weighted by molar-refractivity contribution is 0.0963. The highest BCUT2D eigenvalue weighted by atomic mass is 32.2. The molecule has 0 bridgehead atoms.